The van der Waals surface area contributed by atoms with Gasteiger partial charge in [-0.25, -0.2) is 9.59 Å². The van der Waals surface area contributed by atoms with Crippen LogP contribution in [0.3, 0.4) is 0 Å². The molecule has 1 saturated carbocycles. The highest BCUT2D eigenvalue weighted by Gasteiger charge is 2.23. The molecule has 2 aromatic rings. The molecule has 0 aromatic heterocycles. The van der Waals surface area contributed by atoms with Crippen LogP contribution in [0.1, 0.15) is 39.1 Å². The van der Waals surface area contributed by atoms with Gasteiger partial charge in [0.1, 0.15) is 0 Å². The Morgan fingerprint density at radius 2 is 1.77 bits per heavy atom. The maximum atomic E-state index is 12.1. The van der Waals surface area contributed by atoms with Crippen LogP contribution in [0.25, 0.3) is 6.08 Å². The maximum absolute atomic E-state index is 12.1. The lowest BCUT2D eigenvalue weighted by molar-refractivity contribution is -0.142. The summed E-state index contributed by atoms with van der Waals surface area (Å²) in [6.07, 6.45) is 4.66. The van der Waals surface area contributed by atoms with Crippen LogP contribution in [0.15, 0.2) is 54.6 Å². The number of benzene rings is 2. The van der Waals surface area contributed by atoms with Crippen LogP contribution in [0.2, 0.25) is 0 Å². The Morgan fingerprint density at radius 3 is 2.45 bits per heavy atom. The standard InChI is InChI=1S/C23H22N2O6/c1-30-23(29)16-8-5-15(6-9-16)7-12-21(27)31-14-20(26)24-19-4-2-3-17(13-19)22(28)25-18-10-11-18/h2-9,12-13,18H,10-11,14H2,1H3,(H,24,26)(H,25,28)/b12-7+. The number of nitrogens with one attached hydrogen (secondary N) is 2. The molecule has 1 fully saturated rings. The summed E-state index contributed by atoms with van der Waals surface area (Å²) in [7, 11) is 1.30. The van der Waals surface area contributed by atoms with Crippen LogP contribution in [-0.4, -0.2) is 43.5 Å². The quantitative estimate of drug-likeness (QED) is 0.500. The normalized spacial score (nSPS) is 12.8. The third-order valence-corrected chi connectivity index (χ3v) is 4.41. The van der Waals surface area contributed by atoms with E-state index in [1.54, 1.807) is 48.5 Å². The number of amides is 2. The first-order chi connectivity index (χ1) is 14.9. The van der Waals surface area contributed by atoms with Crippen molar-refractivity contribution < 1.29 is 28.7 Å². The minimum absolute atomic E-state index is 0.185. The Kier molecular flexibility index (Phi) is 7.16. The third-order valence-electron chi connectivity index (χ3n) is 4.41. The van der Waals surface area contributed by atoms with Gasteiger partial charge < -0.3 is 20.1 Å². The molecule has 3 rings (SSSR count). The van der Waals surface area contributed by atoms with Crippen molar-refractivity contribution in [3.8, 4) is 0 Å². The number of hydrogen-bond donors (Lipinski definition) is 2. The maximum Gasteiger partial charge on any atom is 0.337 e. The first-order valence-corrected chi connectivity index (χ1v) is 9.68. The third kappa shape index (κ3) is 6.81. The lowest BCUT2D eigenvalue weighted by Crippen LogP contribution is -2.25. The van der Waals surface area contributed by atoms with Crippen molar-refractivity contribution in [3.05, 3.63) is 71.3 Å². The average Bonchev–Trinajstić information content (AvgIpc) is 3.60. The summed E-state index contributed by atoms with van der Waals surface area (Å²) < 4.78 is 9.54. The molecule has 0 radical (unpaired) electrons. The highest BCUT2D eigenvalue weighted by molar-refractivity contribution is 5.98. The molecule has 0 spiro atoms. The van der Waals surface area contributed by atoms with Crippen LogP contribution in [0.4, 0.5) is 5.69 Å². The van der Waals surface area contributed by atoms with Gasteiger partial charge in [-0.05, 0) is 54.8 Å². The van der Waals surface area contributed by atoms with E-state index in [9.17, 15) is 19.2 Å². The number of hydrogen-bond acceptors (Lipinski definition) is 6. The van der Waals surface area contributed by atoms with Crippen molar-refractivity contribution in [3.63, 3.8) is 0 Å². The number of rotatable bonds is 8. The second-order valence-corrected chi connectivity index (χ2v) is 6.93. The van der Waals surface area contributed by atoms with E-state index < -0.39 is 24.5 Å². The van der Waals surface area contributed by atoms with E-state index in [2.05, 4.69) is 15.4 Å². The summed E-state index contributed by atoms with van der Waals surface area (Å²) in [6.45, 7) is -0.469. The molecule has 31 heavy (non-hydrogen) atoms. The van der Waals surface area contributed by atoms with Crippen LogP contribution >= 0.6 is 0 Å². The lowest BCUT2D eigenvalue weighted by atomic mass is 10.1. The highest BCUT2D eigenvalue weighted by atomic mass is 16.5. The van der Waals surface area contributed by atoms with Gasteiger partial charge in [-0.2, -0.15) is 0 Å². The fourth-order valence-electron chi connectivity index (χ4n) is 2.63. The molecule has 1 aliphatic carbocycles. The molecule has 0 heterocycles. The molecule has 2 aromatic carbocycles. The molecule has 8 nitrogen and oxygen atoms in total. The fourth-order valence-corrected chi connectivity index (χ4v) is 2.63. The Bertz CT molecular complexity index is 1010. The number of esters is 2. The molecule has 8 heteroatoms. The molecule has 2 N–H and O–H groups in total. The highest BCUT2D eigenvalue weighted by Crippen LogP contribution is 2.20. The number of anilines is 1. The molecule has 160 valence electrons. The second-order valence-electron chi connectivity index (χ2n) is 6.93. The number of carbonyl (C=O) groups excluding carboxylic acids is 4. The summed E-state index contributed by atoms with van der Waals surface area (Å²) in [5.41, 5.74) is 1.96. The Labute approximate surface area is 179 Å². The summed E-state index contributed by atoms with van der Waals surface area (Å²) >= 11 is 0. The SMILES string of the molecule is COC(=O)c1ccc(/C=C/C(=O)OCC(=O)Nc2cccc(C(=O)NC3CC3)c2)cc1. The molecule has 0 saturated heterocycles. The van der Waals surface area contributed by atoms with E-state index in [0.29, 0.717) is 22.4 Å². The van der Waals surface area contributed by atoms with Gasteiger partial charge in [0.15, 0.2) is 6.61 Å². The molecule has 1 aliphatic rings. The molecular weight excluding hydrogens is 400 g/mol. The van der Waals surface area contributed by atoms with Crippen molar-refractivity contribution in [1.82, 2.24) is 5.32 Å². The first kappa shape index (κ1) is 21.8. The monoisotopic (exact) mass is 422 g/mol. The zero-order valence-corrected chi connectivity index (χ0v) is 16.9. The predicted molar refractivity (Wildman–Crippen MR) is 113 cm³/mol. The number of ether oxygens (including phenoxy) is 2. The van der Waals surface area contributed by atoms with Crippen molar-refractivity contribution in [2.75, 3.05) is 19.0 Å². The first-order valence-electron chi connectivity index (χ1n) is 9.68. The zero-order valence-electron chi connectivity index (χ0n) is 16.9. The molecular formula is C23H22N2O6. The minimum Gasteiger partial charge on any atom is -0.465 e. The van der Waals surface area contributed by atoms with Crippen molar-refractivity contribution in [2.45, 2.75) is 18.9 Å². The van der Waals surface area contributed by atoms with Gasteiger partial charge in [0.05, 0.1) is 12.7 Å². The Balaban J connectivity index is 1.45. The molecule has 0 unspecified atom stereocenters. The van der Waals surface area contributed by atoms with Gasteiger partial charge in [0.2, 0.25) is 0 Å². The largest absolute Gasteiger partial charge is 0.465 e. The van der Waals surface area contributed by atoms with Gasteiger partial charge in [0, 0.05) is 23.4 Å². The Morgan fingerprint density at radius 1 is 1.03 bits per heavy atom. The van der Waals surface area contributed by atoms with Crippen LogP contribution < -0.4 is 10.6 Å². The van der Waals surface area contributed by atoms with Crippen LogP contribution in [0, 0.1) is 0 Å². The van der Waals surface area contributed by atoms with Crippen molar-refractivity contribution in [2.24, 2.45) is 0 Å². The minimum atomic E-state index is -0.690. The van der Waals surface area contributed by atoms with Gasteiger partial charge >= 0.3 is 11.9 Å². The van der Waals surface area contributed by atoms with Gasteiger partial charge in [0.25, 0.3) is 11.8 Å². The van der Waals surface area contributed by atoms with E-state index in [0.717, 1.165) is 12.8 Å². The molecule has 2 amide bonds. The summed E-state index contributed by atoms with van der Waals surface area (Å²) in [6, 6.07) is 13.2. The number of methoxy groups -OCH3 is 1. The molecule has 0 atom stereocenters. The van der Waals surface area contributed by atoms with Crippen LogP contribution in [0.5, 0.6) is 0 Å². The molecule has 0 bridgehead atoms. The van der Waals surface area contributed by atoms with E-state index >= 15 is 0 Å². The van der Waals surface area contributed by atoms with Crippen LogP contribution in [-0.2, 0) is 19.1 Å². The molecule has 0 aliphatic heterocycles. The lowest BCUT2D eigenvalue weighted by Gasteiger charge is -2.08. The van der Waals surface area contributed by atoms with Gasteiger partial charge in [-0.15, -0.1) is 0 Å². The number of carbonyl (C=O) groups is 4. The van der Waals surface area contributed by atoms with Crippen molar-refractivity contribution >= 4 is 35.5 Å². The smallest absolute Gasteiger partial charge is 0.337 e. The summed E-state index contributed by atoms with van der Waals surface area (Å²) in [5.74, 6) is -1.85. The predicted octanol–water partition coefficient (Wildman–Crippen LogP) is 2.56. The second kappa shape index (κ2) is 10.2. The Hall–Kier alpha value is -3.94. The average molecular weight is 422 g/mol. The topological polar surface area (TPSA) is 111 Å². The van der Waals surface area contributed by atoms with E-state index in [1.165, 1.54) is 19.3 Å². The van der Waals surface area contributed by atoms with Crippen molar-refractivity contribution in [1.29, 1.82) is 0 Å². The fraction of sp³-hybridized carbons (Fsp3) is 0.217. The summed E-state index contributed by atoms with van der Waals surface area (Å²) in [4.78, 5) is 47.3. The van der Waals surface area contributed by atoms with E-state index in [1.807, 2.05) is 0 Å². The summed E-state index contributed by atoms with van der Waals surface area (Å²) in [5, 5.41) is 5.47. The van der Waals surface area contributed by atoms with Gasteiger partial charge in [-0.3, -0.25) is 9.59 Å². The van der Waals surface area contributed by atoms with E-state index in [-0.39, 0.29) is 11.9 Å². The zero-order chi connectivity index (χ0) is 22.2. The van der Waals surface area contributed by atoms with E-state index in [4.69, 9.17) is 4.74 Å². The van der Waals surface area contributed by atoms with Gasteiger partial charge in [-0.1, -0.05) is 18.2 Å².